The molecule has 8 heteroatoms. The fourth-order valence-electron chi connectivity index (χ4n) is 4.72. The molecule has 1 unspecified atom stereocenters. The summed E-state index contributed by atoms with van der Waals surface area (Å²) >= 11 is 12.4. The minimum Gasteiger partial charge on any atom is -0.481 e. The second-order valence-electron chi connectivity index (χ2n) is 8.25. The quantitative estimate of drug-likeness (QED) is 0.541. The van der Waals surface area contributed by atoms with Gasteiger partial charge in [-0.05, 0) is 55.2 Å². The number of likely N-dealkylation sites (N-methyl/N-ethyl adjacent to an activating group) is 1. The summed E-state index contributed by atoms with van der Waals surface area (Å²) in [5.74, 6) is -2.63. The van der Waals surface area contributed by atoms with Gasteiger partial charge in [0.2, 0.25) is 11.8 Å². The third kappa shape index (κ3) is 5.68. The molecule has 2 amide bonds. The maximum Gasteiger partial charge on any atom is 0.304 e. The Bertz CT molecular complexity index is 1010. The summed E-state index contributed by atoms with van der Waals surface area (Å²) in [5.41, 5.74) is 1.72. The van der Waals surface area contributed by atoms with E-state index in [0.717, 1.165) is 11.1 Å². The van der Waals surface area contributed by atoms with Crippen molar-refractivity contribution in [2.24, 2.45) is 5.92 Å². The van der Waals surface area contributed by atoms with Crippen LogP contribution in [0.1, 0.15) is 56.2 Å². The Hall–Kier alpha value is -2.57. The maximum absolute atomic E-state index is 13.7. The number of carboxylic acid groups (broad SMARTS) is 1. The molecule has 0 aliphatic carbocycles. The highest BCUT2D eigenvalue weighted by Gasteiger charge is 2.47. The highest BCUT2D eigenvalue weighted by Crippen LogP contribution is 2.47. The van der Waals surface area contributed by atoms with Crippen molar-refractivity contribution in [2.75, 3.05) is 6.54 Å². The molecule has 2 aromatic carbocycles. The number of carbonyl (C=O) groups excluding carboxylic acids is 2. The number of nitrogens with one attached hydrogen (secondary N) is 1. The summed E-state index contributed by atoms with van der Waals surface area (Å²) < 4.78 is 0. The Kier molecular flexibility index (Phi) is 8.38. The summed E-state index contributed by atoms with van der Waals surface area (Å²) in [5, 5.41) is 13.4. The van der Waals surface area contributed by atoms with E-state index >= 15 is 0 Å². The van der Waals surface area contributed by atoms with Crippen LogP contribution < -0.4 is 5.32 Å². The molecule has 1 heterocycles. The number of nitrogens with zero attached hydrogens (tertiary/aromatic N) is 1. The van der Waals surface area contributed by atoms with Crippen molar-refractivity contribution in [1.29, 1.82) is 0 Å². The molecule has 6 nitrogen and oxygen atoms in total. The van der Waals surface area contributed by atoms with Gasteiger partial charge in [0.15, 0.2) is 0 Å². The third-order valence-corrected chi connectivity index (χ3v) is 6.60. The molecule has 33 heavy (non-hydrogen) atoms. The van der Waals surface area contributed by atoms with E-state index in [1.54, 1.807) is 23.1 Å². The Morgan fingerprint density at radius 1 is 1.09 bits per heavy atom. The van der Waals surface area contributed by atoms with E-state index in [2.05, 4.69) is 5.32 Å². The first kappa shape index (κ1) is 25.1. The largest absolute Gasteiger partial charge is 0.481 e. The van der Waals surface area contributed by atoms with Crippen LogP contribution in [0.15, 0.2) is 48.5 Å². The van der Waals surface area contributed by atoms with Gasteiger partial charge in [0.05, 0.1) is 12.5 Å². The Morgan fingerprint density at radius 2 is 1.79 bits per heavy atom. The first-order valence-corrected chi connectivity index (χ1v) is 11.8. The van der Waals surface area contributed by atoms with Gasteiger partial charge < -0.3 is 15.3 Å². The van der Waals surface area contributed by atoms with E-state index in [-0.39, 0.29) is 24.2 Å². The zero-order valence-corrected chi connectivity index (χ0v) is 20.1. The zero-order chi connectivity index (χ0) is 24.1. The number of likely N-dealkylation sites (tertiary alicyclic amines) is 1. The molecular formula is C25H28Cl2N2O4. The summed E-state index contributed by atoms with van der Waals surface area (Å²) in [4.78, 5) is 39.9. The van der Waals surface area contributed by atoms with Gasteiger partial charge in [0.1, 0.15) is 6.04 Å². The number of hydrogen-bond donors (Lipinski definition) is 2. The molecule has 176 valence electrons. The second kappa shape index (κ2) is 11.0. The van der Waals surface area contributed by atoms with Crippen LogP contribution in [0.25, 0.3) is 0 Å². The molecule has 1 fully saturated rings. The van der Waals surface area contributed by atoms with Gasteiger partial charge in [0.25, 0.3) is 0 Å². The van der Waals surface area contributed by atoms with E-state index in [1.165, 1.54) is 0 Å². The van der Waals surface area contributed by atoms with Crippen LogP contribution >= 0.6 is 23.2 Å². The lowest BCUT2D eigenvalue weighted by Crippen LogP contribution is -2.56. The van der Waals surface area contributed by atoms with Gasteiger partial charge in [-0.2, -0.15) is 0 Å². The predicted octanol–water partition coefficient (Wildman–Crippen LogP) is 5.06. The van der Waals surface area contributed by atoms with Gasteiger partial charge in [0, 0.05) is 28.4 Å². The second-order valence-corrected chi connectivity index (χ2v) is 9.13. The molecule has 2 aromatic rings. The number of benzene rings is 2. The standard InChI is InChI=1S/C25H28Cl2N2O4/c1-3-21(24(32)28-4-2)29-23(15-8-10-18(26)11-9-15)20(16-6-5-7-19(27)12-16)13-17(25(29)33)14-22(30)31/h5-12,17,20-21,23H,3-4,13-14H2,1-2H3,(H,28,32)(H,30,31)/t17-,20-,21?,23-/m1/s1. The topological polar surface area (TPSA) is 86.7 Å². The molecule has 0 saturated carbocycles. The van der Waals surface area contributed by atoms with Crippen LogP contribution in [0, 0.1) is 5.92 Å². The van der Waals surface area contributed by atoms with Crippen molar-refractivity contribution in [3.63, 3.8) is 0 Å². The number of hydrogen-bond acceptors (Lipinski definition) is 3. The molecule has 1 aliphatic heterocycles. The number of rotatable bonds is 8. The number of piperidine rings is 1. The van der Waals surface area contributed by atoms with Crippen molar-refractivity contribution in [1.82, 2.24) is 10.2 Å². The van der Waals surface area contributed by atoms with Gasteiger partial charge in [-0.1, -0.05) is 54.4 Å². The van der Waals surface area contributed by atoms with Crippen molar-refractivity contribution in [3.8, 4) is 0 Å². The van der Waals surface area contributed by atoms with Crippen LogP contribution in [0.4, 0.5) is 0 Å². The van der Waals surface area contributed by atoms with Crippen LogP contribution in [0.5, 0.6) is 0 Å². The number of carbonyl (C=O) groups is 3. The lowest BCUT2D eigenvalue weighted by molar-refractivity contribution is -0.155. The average molecular weight is 491 g/mol. The normalized spacial score (nSPS) is 21.5. The Balaban J connectivity index is 2.20. The van der Waals surface area contributed by atoms with Gasteiger partial charge >= 0.3 is 5.97 Å². The molecule has 0 bridgehead atoms. The fraction of sp³-hybridized carbons (Fsp3) is 0.400. The number of carboxylic acids is 1. The molecular weight excluding hydrogens is 463 g/mol. The lowest BCUT2D eigenvalue weighted by Gasteiger charge is -2.47. The first-order valence-electron chi connectivity index (χ1n) is 11.1. The molecule has 0 aromatic heterocycles. The smallest absolute Gasteiger partial charge is 0.304 e. The van der Waals surface area contributed by atoms with E-state index in [9.17, 15) is 19.5 Å². The average Bonchev–Trinajstić information content (AvgIpc) is 2.77. The van der Waals surface area contributed by atoms with Crippen LogP contribution in [0.3, 0.4) is 0 Å². The van der Waals surface area contributed by atoms with Gasteiger partial charge in [-0.25, -0.2) is 0 Å². The van der Waals surface area contributed by atoms with Crippen molar-refractivity contribution in [3.05, 3.63) is 69.7 Å². The number of aliphatic carboxylic acids is 1. The lowest BCUT2D eigenvalue weighted by atomic mass is 9.74. The summed E-state index contributed by atoms with van der Waals surface area (Å²) in [6.45, 7) is 4.10. The van der Waals surface area contributed by atoms with E-state index in [1.807, 2.05) is 44.2 Å². The molecule has 2 N–H and O–H groups in total. The molecule has 1 saturated heterocycles. The maximum atomic E-state index is 13.7. The van der Waals surface area contributed by atoms with Crippen molar-refractivity contribution >= 4 is 41.0 Å². The molecule has 0 radical (unpaired) electrons. The molecule has 4 atom stereocenters. The molecule has 1 aliphatic rings. The summed E-state index contributed by atoms with van der Waals surface area (Å²) in [6.07, 6.45) is 0.427. The van der Waals surface area contributed by atoms with Gasteiger partial charge in [-0.15, -0.1) is 0 Å². The Labute approximate surface area is 203 Å². The van der Waals surface area contributed by atoms with E-state index < -0.39 is 24.0 Å². The number of amides is 2. The minimum absolute atomic E-state index is 0.254. The fourth-order valence-corrected chi connectivity index (χ4v) is 5.04. The van der Waals surface area contributed by atoms with Gasteiger partial charge in [-0.3, -0.25) is 14.4 Å². The molecule has 0 spiro atoms. The van der Waals surface area contributed by atoms with E-state index in [4.69, 9.17) is 23.2 Å². The van der Waals surface area contributed by atoms with E-state index in [0.29, 0.717) is 29.4 Å². The molecule has 3 rings (SSSR count). The highest BCUT2D eigenvalue weighted by molar-refractivity contribution is 6.30. The minimum atomic E-state index is -1.05. The van der Waals surface area contributed by atoms with Crippen LogP contribution in [0.2, 0.25) is 10.0 Å². The SMILES string of the molecule is CCNC(=O)C(CC)N1C(=O)[C@@H](CC(=O)O)C[C@H](c2cccc(Cl)c2)[C@H]1c1ccc(Cl)cc1. The first-order chi connectivity index (χ1) is 15.8. The predicted molar refractivity (Wildman–Crippen MR) is 128 cm³/mol. The van der Waals surface area contributed by atoms with Crippen LogP contribution in [-0.2, 0) is 14.4 Å². The van der Waals surface area contributed by atoms with Crippen molar-refractivity contribution < 1.29 is 19.5 Å². The van der Waals surface area contributed by atoms with Crippen molar-refractivity contribution in [2.45, 2.75) is 51.1 Å². The monoisotopic (exact) mass is 490 g/mol. The van der Waals surface area contributed by atoms with Crippen LogP contribution in [-0.4, -0.2) is 40.4 Å². The highest BCUT2D eigenvalue weighted by atomic mass is 35.5. The Morgan fingerprint density at radius 3 is 2.36 bits per heavy atom. The zero-order valence-electron chi connectivity index (χ0n) is 18.6. The number of halogens is 2. The third-order valence-electron chi connectivity index (χ3n) is 6.11. The summed E-state index contributed by atoms with van der Waals surface area (Å²) in [6, 6.07) is 13.4. The summed E-state index contributed by atoms with van der Waals surface area (Å²) in [7, 11) is 0.